The third-order valence-electron chi connectivity index (χ3n) is 3.23. The molecular formula is C18H18O5. The molecule has 0 unspecified atom stereocenters. The summed E-state index contributed by atoms with van der Waals surface area (Å²) >= 11 is 0. The molecule has 0 aliphatic heterocycles. The summed E-state index contributed by atoms with van der Waals surface area (Å²) in [7, 11) is 1.45. The molecular weight excluding hydrogens is 296 g/mol. The summed E-state index contributed by atoms with van der Waals surface area (Å²) < 4.78 is 10.4. The molecule has 0 spiro atoms. The standard InChI is InChI=1S/C18H18O5/c1-12(11-22-2)18(21)23-17(13-3-7-15(19)8-4-13)14-5-9-16(20)10-6-14/h3-11,17,19-20H,1-2H3. The molecule has 5 heteroatoms. The van der Waals surface area contributed by atoms with Gasteiger partial charge in [0.2, 0.25) is 0 Å². The van der Waals surface area contributed by atoms with Crippen LogP contribution in [0.25, 0.3) is 0 Å². The molecule has 0 bridgehead atoms. The van der Waals surface area contributed by atoms with Gasteiger partial charge in [-0.2, -0.15) is 0 Å². The van der Waals surface area contributed by atoms with Crippen molar-refractivity contribution in [3.63, 3.8) is 0 Å². The lowest BCUT2D eigenvalue weighted by Crippen LogP contribution is -2.13. The smallest absolute Gasteiger partial charge is 0.337 e. The first-order valence-electron chi connectivity index (χ1n) is 6.99. The third kappa shape index (κ3) is 4.26. The van der Waals surface area contributed by atoms with Gasteiger partial charge < -0.3 is 19.7 Å². The van der Waals surface area contributed by atoms with E-state index in [4.69, 9.17) is 9.47 Å². The van der Waals surface area contributed by atoms with Crippen molar-refractivity contribution in [1.82, 2.24) is 0 Å². The molecule has 5 nitrogen and oxygen atoms in total. The predicted octanol–water partition coefficient (Wildman–Crippen LogP) is 3.28. The molecule has 2 rings (SSSR count). The Morgan fingerprint density at radius 1 is 0.957 bits per heavy atom. The zero-order chi connectivity index (χ0) is 16.8. The lowest BCUT2D eigenvalue weighted by molar-refractivity contribution is -0.142. The van der Waals surface area contributed by atoms with Crippen LogP contribution < -0.4 is 0 Å². The Labute approximate surface area is 134 Å². The van der Waals surface area contributed by atoms with Crippen LogP contribution in [0.15, 0.2) is 60.4 Å². The molecule has 0 radical (unpaired) electrons. The highest BCUT2D eigenvalue weighted by Gasteiger charge is 2.20. The highest BCUT2D eigenvalue weighted by atomic mass is 16.5. The molecule has 0 aromatic heterocycles. The number of rotatable bonds is 5. The molecule has 0 amide bonds. The molecule has 2 aromatic rings. The normalized spacial score (nSPS) is 11.3. The minimum Gasteiger partial charge on any atom is -0.508 e. The highest BCUT2D eigenvalue weighted by molar-refractivity contribution is 5.87. The van der Waals surface area contributed by atoms with Gasteiger partial charge in [-0.15, -0.1) is 0 Å². The second-order valence-corrected chi connectivity index (χ2v) is 5.00. The number of hydrogen-bond acceptors (Lipinski definition) is 5. The number of phenolic OH excluding ortho intramolecular Hbond substituents is 2. The van der Waals surface area contributed by atoms with Gasteiger partial charge in [-0.25, -0.2) is 4.79 Å². The van der Waals surface area contributed by atoms with Crippen molar-refractivity contribution in [1.29, 1.82) is 0 Å². The molecule has 0 saturated heterocycles. The molecule has 2 N–H and O–H groups in total. The number of phenols is 2. The van der Waals surface area contributed by atoms with Gasteiger partial charge in [-0.05, 0) is 42.3 Å². The maximum Gasteiger partial charge on any atom is 0.337 e. The first kappa shape index (κ1) is 16.4. The van der Waals surface area contributed by atoms with E-state index in [0.717, 1.165) is 0 Å². The van der Waals surface area contributed by atoms with Crippen molar-refractivity contribution >= 4 is 5.97 Å². The summed E-state index contributed by atoms with van der Waals surface area (Å²) in [5, 5.41) is 18.8. The predicted molar refractivity (Wildman–Crippen MR) is 84.9 cm³/mol. The van der Waals surface area contributed by atoms with Gasteiger partial charge in [-0.3, -0.25) is 0 Å². The van der Waals surface area contributed by atoms with Crippen LogP contribution in [0.5, 0.6) is 11.5 Å². The van der Waals surface area contributed by atoms with Crippen LogP contribution in [0.1, 0.15) is 24.2 Å². The molecule has 0 saturated carbocycles. The molecule has 0 aliphatic carbocycles. The van der Waals surface area contributed by atoms with Crippen molar-refractivity contribution in [2.75, 3.05) is 7.11 Å². The Morgan fingerprint density at radius 2 is 1.39 bits per heavy atom. The number of carbonyl (C=O) groups is 1. The van der Waals surface area contributed by atoms with Crippen LogP contribution in [-0.2, 0) is 14.3 Å². The lowest BCUT2D eigenvalue weighted by Gasteiger charge is -2.19. The fourth-order valence-corrected chi connectivity index (χ4v) is 2.05. The van der Waals surface area contributed by atoms with E-state index in [1.807, 2.05) is 0 Å². The Morgan fingerprint density at radius 3 is 1.78 bits per heavy atom. The van der Waals surface area contributed by atoms with E-state index < -0.39 is 12.1 Å². The van der Waals surface area contributed by atoms with Crippen LogP contribution in [-0.4, -0.2) is 23.3 Å². The van der Waals surface area contributed by atoms with Crippen LogP contribution in [0, 0.1) is 0 Å². The van der Waals surface area contributed by atoms with Crippen LogP contribution in [0.3, 0.4) is 0 Å². The minimum absolute atomic E-state index is 0.125. The van der Waals surface area contributed by atoms with Crippen molar-refractivity contribution < 1.29 is 24.5 Å². The second kappa shape index (κ2) is 7.35. The monoisotopic (exact) mass is 314 g/mol. The van der Waals surface area contributed by atoms with Crippen molar-refractivity contribution in [3.8, 4) is 11.5 Å². The van der Waals surface area contributed by atoms with Crippen molar-refractivity contribution in [3.05, 3.63) is 71.5 Å². The number of carbonyl (C=O) groups excluding carboxylic acids is 1. The van der Waals surface area contributed by atoms with E-state index >= 15 is 0 Å². The number of esters is 1. The van der Waals surface area contributed by atoms with E-state index in [2.05, 4.69) is 0 Å². The molecule has 0 heterocycles. The molecule has 0 atom stereocenters. The molecule has 23 heavy (non-hydrogen) atoms. The van der Waals surface area contributed by atoms with Gasteiger partial charge in [-0.1, -0.05) is 24.3 Å². The fourth-order valence-electron chi connectivity index (χ4n) is 2.05. The Balaban J connectivity index is 2.35. The summed E-state index contributed by atoms with van der Waals surface area (Å²) in [5.41, 5.74) is 1.73. The quantitative estimate of drug-likeness (QED) is 0.503. The van der Waals surface area contributed by atoms with Crippen LogP contribution in [0.4, 0.5) is 0 Å². The molecule has 0 fully saturated rings. The second-order valence-electron chi connectivity index (χ2n) is 5.00. The van der Waals surface area contributed by atoms with Gasteiger partial charge in [0.25, 0.3) is 0 Å². The number of hydrogen-bond donors (Lipinski definition) is 2. The fraction of sp³-hybridized carbons (Fsp3) is 0.167. The highest BCUT2D eigenvalue weighted by Crippen LogP contribution is 2.29. The maximum absolute atomic E-state index is 12.2. The number of ether oxygens (including phenoxy) is 2. The van der Waals surface area contributed by atoms with Crippen LogP contribution in [0.2, 0.25) is 0 Å². The van der Waals surface area contributed by atoms with Crippen LogP contribution >= 0.6 is 0 Å². The van der Waals surface area contributed by atoms with Gasteiger partial charge in [0.1, 0.15) is 11.5 Å². The molecule has 120 valence electrons. The van der Waals surface area contributed by atoms with E-state index in [1.54, 1.807) is 31.2 Å². The first-order chi connectivity index (χ1) is 11.0. The lowest BCUT2D eigenvalue weighted by atomic mass is 10.0. The number of aromatic hydroxyl groups is 2. The average molecular weight is 314 g/mol. The first-order valence-corrected chi connectivity index (χ1v) is 6.99. The number of benzene rings is 2. The van der Waals surface area contributed by atoms with Crippen molar-refractivity contribution in [2.24, 2.45) is 0 Å². The van der Waals surface area contributed by atoms with Gasteiger partial charge in [0.05, 0.1) is 18.9 Å². The van der Waals surface area contributed by atoms with E-state index in [9.17, 15) is 15.0 Å². The van der Waals surface area contributed by atoms with Gasteiger partial charge >= 0.3 is 5.97 Å². The summed E-state index contributed by atoms with van der Waals surface area (Å²) in [4.78, 5) is 12.2. The SMILES string of the molecule is COC=C(C)C(=O)OC(c1ccc(O)cc1)c1ccc(O)cc1. The summed E-state index contributed by atoms with van der Waals surface area (Å²) in [6, 6.07) is 12.8. The van der Waals surface area contributed by atoms with Gasteiger partial charge in [0, 0.05) is 0 Å². The van der Waals surface area contributed by atoms with Gasteiger partial charge in [0.15, 0.2) is 6.10 Å². The molecule has 2 aromatic carbocycles. The van der Waals surface area contributed by atoms with E-state index in [1.165, 1.54) is 37.6 Å². The zero-order valence-electron chi connectivity index (χ0n) is 12.9. The molecule has 0 aliphatic rings. The summed E-state index contributed by atoms with van der Waals surface area (Å²) in [6.07, 6.45) is 0.649. The topological polar surface area (TPSA) is 76.0 Å². The third-order valence-corrected chi connectivity index (χ3v) is 3.23. The minimum atomic E-state index is -0.663. The number of methoxy groups -OCH3 is 1. The largest absolute Gasteiger partial charge is 0.508 e. The Hall–Kier alpha value is -2.95. The Kier molecular flexibility index (Phi) is 5.25. The van der Waals surface area contributed by atoms with Crippen molar-refractivity contribution in [2.45, 2.75) is 13.0 Å². The van der Waals surface area contributed by atoms with E-state index in [0.29, 0.717) is 16.7 Å². The average Bonchev–Trinajstić information content (AvgIpc) is 2.54. The summed E-state index contributed by atoms with van der Waals surface area (Å²) in [6.45, 7) is 1.59. The van der Waals surface area contributed by atoms with E-state index in [-0.39, 0.29) is 11.5 Å². The maximum atomic E-state index is 12.2. The summed E-state index contributed by atoms with van der Waals surface area (Å²) in [5.74, 6) is -0.266. The Bertz CT molecular complexity index is 641. The zero-order valence-corrected chi connectivity index (χ0v) is 12.9.